The van der Waals surface area contributed by atoms with Gasteiger partial charge in [0.05, 0.1) is 0 Å². The van der Waals surface area contributed by atoms with Crippen LogP contribution in [0.1, 0.15) is 41.5 Å². The third-order valence-corrected chi connectivity index (χ3v) is 4.36. The molecule has 0 atom stereocenters. The highest BCUT2D eigenvalue weighted by Gasteiger charge is 2.26. The maximum Gasteiger partial charge on any atom is 0.243 e. The minimum atomic E-state index is -0.635. The highest BCUT2D eigenvalue weighted by atomic mass is 16.1. The molecule has 0 spiro atoms. The summed E-state index contributed by atoms with van der Waals surface area (Å²) in [5, 5.41) is 40.1. The number of aromatic amines is 1. The zero-order valence-corrected chi connectivity index (χ0v) is 21.7. The number of H-pyrrole nitrogens is 1. The van der Waals surface area contributed by atoms with Gasteiger partial charge in [-0.05, 0) is 0 Å². The van der Waals surface area contributed by atoms with Crippen LogP contribution in [0.3, 0.4) is 0 Å². The molecular formula is C22H32N12O2. The summed E-state index contributed by atoms with van der Waals surface area (Å²) >= 11 is 0. The molecule has 0 radical (unpaired) electrons. The molecule has 0 bridgehead atoms. The number of hydrogen-bond acceptors (Lipinski definition) is 12. The number of nitriles is 2. The predicted molar refractivity (Wildman–Crippen MR) is 136 cm³/mol. The van der Waals surface area contributed by atoms with E-state index < -0.39 is 10.8 Å². The Balaban J connectivity index is 0.000000360. The first-order valence-corrected chi connectivity index (χ1v) is 10.8. The van der Waals surface area contributed by atoms with Crippen LogP contribution in [0, 0.1) is 33.5 Å². The van der Waals surface area contributed by atoms with Gasteiger partial charge in [0.1, 0.15) is 23.3 Å². The third kappa shape index (κ3) is 7.95. The van der Waals surface area contributed by atoms with Gasteiger partial charge in [-0.3, -0.25) is 14.2 Å². The Morgan fingerprint density at radius 3 is 1.97 bits per heavy atom. The molecule has 192 valence electrons. The van der Waals surface area contributed by atoms with Gasteiger partial charge in [-0.25, -0.2) is 5.10 Å². The van der Waals surface area contributed by atoms with Crippen molar-refractivity contribution < 1.29 is 9.59 Å². The molecule has 0 aliphatic rings. The highest BCUT2D eigenvalue weighted by Crippen LogP contribution is 2.22. The van der Waals surface area contributed by atoms with E-state index in [4.69, 9.17) is 16.3 Å². The van der Waals surface area contributed by atoms with E-state index in [0.29, 0.717) is 17.8 Å². The molecule has 0 aliphatic carbocycles. The average molecular weight is 497 g/mol. The van der Waals surface area contributed by atoms with Crippen LogP contribution in [0.2, 0.25) is 0 Å². The SMILES string of the molecule is CNc1n[nH]c(N/C=C(\C#N)C(=O)C(C)(C)C)n1.CNc1nnc(N)n1/C=C(\C#N)C(=O)C(C)(C)C. The number of anilines is 4. The Hall–Kier alpha value is -4.72. The predicted octanol–water partition coefficient (Wildman–Crippen LogP) is 2.16. The maximum atomic E-state index is 12.0. The Bertz CT molecular complexity index is 1220. The van der Waals surface area contributed by atoms with Crippen molar-refractivity contribution in [1.29, 1.82) is 10.5 Å². The normalized spacial score (nSPS) is 11.9. The van der Waals surface area contributed by atoms with E-state index in [2.05, 4.69) is 41.3 Å². The molecule has 0 amide bonds. The molecule has 14 nitrogen and oxygen atoms in total. The molecule has 0 unspecified atom stereocenters. The van der Waals surface area contributed by atoms with Crippen LogP contribution in [0.15, 0.2) is 17.3 Å². The van der Waals surface area contributed by atoms with Crippen LogP contribution in [0.25, 0.3) is 6.20 Å². The fraction of sp³-hybridized carbons (Fsp3) is 0.455. The largest absolute Gasteiger partial charge is 0.368 e. The first-order chi connectivity index (χ1) is 16.7. The summed E-state index contributed by atoms with van der Waals surface area (Å²) in [5.41, 5.74) is 4.43. The van der Waals surface area contributed by atoms with E-state index in [1.54, 1.807) is 55.6 Å². The number of ketones is 2. The second kappa shape index (κ2) is 12.1. The fourth-order valence-electron chi connectivity index (χ4n) is 2.40. The summed E-state index contributed by atoms with van der Waals surface area (Å²) in [6.45, 7) is 10.5. The van der Waals surface area contributed by atoms with Gasteiger partial charge in [-0.2, -0.15) is 15.5 Å². The summed E-state index contributed by atoms with van der Waals surface area (Å²) < 4.78 is 1.36. The fourth-order valence-corrected chi connectivity index (χ4v) is 2.40. The number of rotatable bonds is 7. The Labute approximate surface area is 209 Å². The summed E-state index contributed by atoms with van der Waals surface area (Å²) in [4.78, 5) is 27.9. The van der Waals surface area contributed by atoms with Crippen molar-refractivity contribution in [3.8, 4) is 12.1 Å². The number of nitrogens with two attached hydrogens (primary N) is 1. The second-order valence-corrected chi connectivity index (χ2v) is 9.39. The lowest BCUT2D eigenvalue weighted by Crippen LogP contribution is -2.22. The minimum absolute atomic E-state index is 0.00509. The van der Waals surface area contributed by atoms with E-state index in [0.717, 1.165) is 0 Å². The van der Waals surface area contributed by atoms with Crippen molar-refractivity contribution in [1.82, 2.24) is 29.9 Å². The summed E-state index contributed by atoms with van der Waals surface area (Å²) in [6, 6.07) is 3.75. The van der Waals surface area contributed by atoms with Gasteiger partial charge in [-0.1, -0.05) is 41.5 Å². The first-order valence-electron chi connectivity index (χ1n) is 10.8. The third-order valence-electron chi connectivity index (χ3n) is 4.36. The Kier molecular flexibility index (Phi) is 9.87. The number of aromatic nitrogens is 6. The molecule has 2 heterocycles. The Morgan fingerprint density at radius 1 is 0.972 bits per heavy atom. The lowest BCUT2D eigenvalue weighted by atomic mass is 9.87. The van der Waals surface area contributed by atoms with Gasteiger partial charge < -0.3 is 21.7 Å². The van der Waals surface area contributed by atoms with E-state index in [1.807, 2.05) is 12.1 Å². The van der Waals surface area contributed by atoms with E-state index in [-0.39, 0.29) is 28.7 Å². The van der Waals surface area contributed by atoms with Crippen LogP contribution in [-0.2, 0) is 9.59 Å². The highest BCUT2D eigenvalue weighted by molar-refractivity contribution is 6.05. The van der Waals surface area contributed by atoms with E-state index in [1.165, 1.54) is 17.0 Å². The smallest absolute Gasteiger partial charge is 0.243 e. The summed E-state index contributed by atoms with van der Waals surface area (Å²) in [6.07, 6.45) is 2.67. The zero-order chi connectivity index (χ0) is 27.7. The molecule has 0 fully saturated rings. The topological polar surface area (TPSA) is 216 Å². The van der Waals surface area contributed by atoms with Gasteiger partial charge in [0, 0.05) is 37.3 Å². The lowest BCUT2D eigenvalue weighted by Gasteiger charge is -2.15. The average Bonchev–Trinajstić information content (AvgIpc) is 3.42. The number of carbonyl (C=O) groups excluding carboxylic acids is 2. The number of carbonyl (C=O) groups is 2. The summed E-state index contributed by atoms with van der Waals surface area (Å²) in [7, 11) is 3.33. The minimum Gasteiger partial charge on any atom is -0.368 e. The van der Waals surface area contributed by atoms with Crippen molar-refractivity contribution in [2.24, 2.45) is 10.8 Å². The molecule has 14 heteroatoms. The second-order valence-electron chi connectivity index (χ2n) is 9.39. The van der Waals surface area contributed by atoms with Crippen LogP contribution >= 0.6 is 0 Å². The van der Waals surface area contributed by atoms with Crippen molar-refractivity contribution >= 4 is 41.6 Å². The number of allylic oxidation sites excluding steroid dienone is 2. The van der Waals surface area contributed by atoms with Crippen LogP contribution in [-0.4, -0.2) is 55.6 Å². The number of Topliss-reactive ketones (excluding diaryl/α,β-unsaturated/α-hetero) is 2. The quantitative estimate of drug-likeness (QED) is 0.275. The maximum absolute atomic E-state index is 12.0. The van der Waals surface area contributed by atoms with Gasteiger partial charge >= 0.3 is 0 Å². The standard InChI is InChI=1S/2C11H16N6O/c1-11(2,3)8(18)7(5-12)6-17-9(13)15-16-10(17)14-4;1-11(2,3)8(18)7(5-12)6-14-10-15-9(13-4)16-17-10/h6H,1-4H3,(H2,13,15)(H,14,16);6H,1-4H3,(H3,13,14,15,16,17)/b2*7-6+. The number of nitrogens with one attached hydrogen (secondary N) is 4. The number of hydrogen-bond donors (Lipinski definition) is 5. The zero-order valence-electron chi connectivity index (χ0n) is 21.7. The first kappa shape index (κ1) is 29.3. The van der Waals surface area contributed by atoms with E-state index >= 15 is 0 Å². The van der Waals surface area contributed by atoms with Crippen molar-refractivity contribution in [3.05, 3.63) is 17.3 Å². The molecule has 0 aliphatic heterocycles. The Morgan fingerprint density at radius 2 is 1.53 bits per heavy atom. The van der Waals surface area contributed by atoms with Crippen molar-refractivity contribution in [2.75, 3.05) is 35.8 Å². The lowest BCUT2D eigenvalue weighted by molar-refractivity contribution is -0.122. The molecule has 2 aromatic rings. The molecule has 0 saturated carbocycles. The van der Waals surface area contributed by atoms with Gasteiger partial charge in [0.15, 0.2) is 11.6 Å². The molecular weight excluding hydrogens is 464 g/mol. The molecule has 6 N–H and O–H groups in total. The number of nitrogens with zero attached hydrogens (tertiary/aromatic N) is 7. The summed E-state index contributed by atoms with van der Waals surface area (Å²) in [5.74, 6) is 0.752. The van der Waals surface area contributed by atoms with Gasteiger partial charge in [-0.15, -0.1) is 15.3 Å². The van der Waals surface area contributed by atoms with E-state index in [9.17, 15) is 9.59 Å². The molecule has 2 rings (SSSR count). The van der Waals surface area contributed by atoms with Gasteiger partial charge in [0.25, 0.3) is 0 Å². The van der Waals surface area contributed by atoms with Crippen LogP contribution in [0.5, 0.6) is 0 Å². The van der Waals surface area contributed by atoms with Crippen LogP contribution < -0.4 is 21.7 Å². The monoisotopic (exact) mass is 496 g/mol. The molecule has 2 aromatic heterocycles. The molecule has 36 heavy (non-hydrogen) atoms. The van der Waals surface area contributed by atoms with Crippen LogP contribution in [0.4, 0.5) is 23.8 Å². The molecule has 0 aromatic carbocycles. The molecule has 0 saturated heterocycles. The number of nitrogen functional groups attached to an aromatic ring is 1. The van der Waals surface area contributed by atoms with Gasteiger partial charge in [0.2, 0.25) is 23.8 Å². The van der Waals surface area contributed by atoms with Crippen molar-refractivity contribution in [3.63, 3.8) is 0 Å². The van der Waals surface area contributed by atoms with Crippen molar-refractivity contribution in [2.45, 2.75) is 41.5 Å².